The summed E-state index contributed by atoms with van der Waals surface area (Å²) in [6, 6.07) is 27.5. The van der Waals surface area contributed by atoms with Crippen molar-refractivity contribution in [2.24, 2.45) is 0 Å². The van der Waals surface area contributed by atoms with Gasteiger partial charge in [0.2, 0.25) is 0 Å². The molecule has 0 saturated carbocycles. The van der Waals surface area contributed by atoms with Crippen LogP contribution in [0.1, 0.15) is 44.5 Å². The fourth-order valence-corrected chi connectivity index (χ4v) is 7.21. The number of fused-ring (bicyclic) bond motifs is 12. The third kappa shape index (κ3) is 2.23. The van der Waals surface area contributed by atoms with Gasteiger partial charge in [0.05, 0.1) is 17.1 Å². The average Bonchev–Trinajstić information content (AvgIpc) is 3.47. The molecule has 4 aromatic carbocycles. The largest absolute Gasteiger partial charge is 0.309 e. The summed E-state index contributed by atoms with van der Waals surface area (Å²) in [6.07, 6.45) is 8.03. The molecule has 2 aliphatic heterocycles. The van der Waals surface area contributed by atoms with E-state index in [1.165, 1.54) is 83.8 Å². The van der Waals surface area contributed by atoms with Crippen LogP contribution in [0.4, 0.5) is 17.1 Å². The van der Waals surface area contributed by atoms with E-state index in [1.54, 1.807) is 0 Å². The standard InChI is InChI=1S/C33H22N2/c1-2-7-24-19(4-1)14-20-8-9-26-25-10-11-31-28(27(25)17-29(26)32(20)24)16-22-6-3-5-21-15-23-18-34-13-12-30(23)35(31)33(21)22/h1-13,18H,14-17H2. The van der Waals surface area contributed by atoms with Crippen LogP contribution in [0.15, 0.2) is 85.2 Å². The lowest BCUT2D eigenvalue weighted by molar-refractivity contribution is 0.988. The number of hydrogen-bond donors (Lipinski definition) is 0. The zero-order valence-electron chi connectivity index (χ0n) is 19.3. The summed E-state index contributed by atoms with van der Waals surface area (Å²) in [4.78, 5) is 6.97. The molecule has 0 radical (unpaired) electrons. The number of pyridine rings is 1. The lowest BCUT2D eigenvalue weighted by Crippen LogP contribution is -2.25. The maximum Gasteiger partial charge on any atom is 0.0532 e. The van der Waals surface area contributed by atoms with Crippen LogP contribution >= 0.6 is 0 Å². The maximum atomic E-state index is 4.45. The van der Waals surface area contributed by atoms with E-state index in [-0.39, 0.29) is 0 Å². The summed E-state index contributed by atoms with van der Waals surface area (Å²) in [6.45, 7) is 0. The van der Waals surface area contributed by atoms with Crippen molar-refractivity contribution in [1.29, 1.82) is 0 Å². The second kappa shape index (κ2) is 6.28. The molecule has 0 N–H and O–H groups in total. The Bertz CT molecular complexity index is 1760. The molecule has 2 nitrogen and oxygen atoms in total. The van der Waals surface area contributed by atoms with E-state index in [0.29, 0.717) is 0 Å². The average molecular weight is 447 g/mol. The van der Waals surface area contributed by atoms with E-state index in [4.69, 9.17) is 0 Å². The zero-order chi connectivity index (χ0) is 22.7. The van der Waals surface area contributed by atoms with Gasteiger partial charge in [0.15, 0.2) is 0 Å². The summed E-state index contributed by atoms with van der Waals surface area (Å²) < 4.78 is 0. The normalized spacial score (nSPS) is 14.9. The molecule has 1 aromatic heterocycles. The summed E-state index contributed by atoms with van der Waals surface area (Å²) in [5.74, 6) is 0. The Morgan fingerprint density at radius 2 is 1.31 bits per heavy atom. The van der Waals surface area contributed by atoms with Gasteiger partial charge in [-0.1, -0.05) is 60.7 Å². The topological polar surface area (TPSA) is 16.1 Å². The molecule has 0 bridgehead atoms. The third-order valence-electron chi connectivity index (χ3n) is 8.65. The number of benzene rings is 4. The molecule has 2 heteroatoms. The first kappa shape index (κ1) is 18.2. The van der Waals surface area contributed by atoms with E-state index in [1.807, 2.05) is 12.4 Å². The number of para-hydroxylation sites is 1. The molecule has 9 rings (SSSR count). The molecular formula is C33H22N2. The second-order valence-corrected chi connectivity index (χ2v) is 10.3. The van der Waals surface area contributed by atoms with Gasteiger partial charge < -0.3 is 4.90 Å². The maximum absolute atomic E-state index is 4.45. The molecule has 164 valence electrons. The molecule has 4 aliphatic rings. The Morgan fingerprint density at radius 3 is 2.29 bits per heavy atom. The lowest BCUT2D eigenvalue weighted by atomic mass is 9.84. The van der Waals surface area contributed by atoms with Gasteiger partial charge in [-0.15, -0.1) is 0 Å². The van der Waals surface area contributed by atoms with Crippen LogP contribution in [-0.4, -0.2) is 4.98 Å². The van der Waals surface area contributed by atoms with E-state index >= 15 is 0 Å². The molecule has 2 aliphatic carbocycles. The van der Waals surface area contributed by atoms with Crippen molar-refractivity contribution in [3.05, 3.63) is 130 Å². The van der Waals surface area contributed by atoms with E-state index < -0.39 is 0 Å². The number of hydrogen-bond acceptors (Lipinski definition) is 2. The minimum absolute atomic E-state index is 0.958. The van der Waals surface area contributed by atoms with Gasteiger partial charge in [-0.25, -0.2) is 0 Å². The number of rotatable bonds is 0. The van der Waals surface area contributed by atoms with Crippen LogP contribution in [0.5, 0.6) is 0 Å². The lowest BCUT2D eigenvalue weighted by Gasteiger charge is -2.39. The van der Waals surface area contributed by atoms with E-state index in [2.05, 4.69) is 82.7 Å². The molecule has 0 amide bonds. The predicted octanol–water partition coefficient (Wildman–Crippen LogP) is 7.50. The highest BCUT2D eigenvalue weighted by Crippen LogP contribution is 2.55. The zero-order valence-corrected chi connectivity index (χ0v) is 19.3. The predicted molar refractivity (Wildman–Crippen MR) is 141 cm³/mol. The minimum atomic E-state index is 0.958. The minimum Gasteiger partial charge on any atom is -0.309 e. The molecule has 0 saturated heterocycles. The van der Waals surface area contributed by atoms with Crippen molar-refractivity contribution in [3.8, 4) is 22.3 Å². The number of nitrogens with zero attached hydrogens (tertiary/aromatic N) is 2. The van der Waals surface area contributed by atoms with Gasteiger partial charge in [-0.05, 0) is 91.7 Å². The fraction of sp³-hybridized carbons (Fsp3) is 0.121. The molecule has 0 atom stereocenters. The smallest absolute Gasteiger partial charge is 0.0532 e. The first-order valence-corrected chi connectivity index (χ1v) is 12.6. The van der Waals surface area contributed by atoms with Crippen LogP contribution in [0.2, 0.25) is 0 Å². The third-order valence-corrected chi connectivity index (χ3v) is 8.65. The van der Waals surface area contributed by atoms with Crippen LogP contribution in [0.25, 0.3) is 22.3 Å². The molecule has 0 unspecified atom stereocenters. The van der Waals surface area contributed by atoms with Crippen molar-refractivity contribution in [3.63, 3.8) is 0 Å². The summed E-state index contributed by atoms with van der Waals surface area (Å²) in [5, 5.41) is 0. The van der Waals surface area contributed by atoms with Crippen molar-refractivity contribution < 1.29 is 0 Å². The van der Waals surface area contributed by atoms with Gasteiger partial charge in [0.25, 0.3) is 0 Å². The molecule has 0 fully saturated rings. The SMILES string of the molecule is c1ccc2c(c1)Cc1ccc3c(c1-2)Cc1c-3ccc2c1Cc1cccc3c1N2c1ccncc1C3. The Hall–Kier alpha value is -4.17. The Morgan fingerprint density at radius 1 is 0.514 bits per heavy atom. The van der Waals surface area contributed by atoms with Gasteiger partial charge in [0, 0.05) is 25.2 Å². The molecule has 0 spiro atoms. The second-order valence-electron chi connectivity index (χ2n) is 10.3. The number of aromatic nitrogens is 1. The van der Waals surface area contributed by atoms with Crippen molar-refractivity contribution in [2.45, 2.75) is 25.7 Å². The first-order chi connectivity index (χ1) is 17.3. The van der Waals surface area contributed by atoms with Gasteiger partial charge in [-0.3, -0.25) is 4.98 Å². The molecule has 35 heavy (non-hydrogen) atoms. The van der Waals surface area contributed by atoms with Crippen molar-refractivity contribution in [2.75, 3.05) is 4.90 Å². The summed E-state index contributed by atoms with van der Waals surface area (Å²) in [5.41, 5.74) is 21.5. The van der Waals surface area contributed by atoms with Crippen LogP contribution in [0, 0.1) is 0 Å². The summed E-state index contributed by atoms with van der Waals surface area (Å²) >= 11 is 0. The van der Waals surface area contributed by atoms with Crippen molar-refractivity contribution >= 4 is 17.1 Å². The Balaban J connectivity index is 1.28. The van der Waals surface area contributed by atoms with Crippen LogP contribution < -0.4 is 4.90 Å². The molecule has 5 aromatic rings. The fourth-order valence-electron chi connectivity index (χ4n) is 7.21. The summed E-state index contributed by atoms with van der Waals surface area (Å²) in [7, 11) is 0. The quantitative estimate of drug-likeness (QED) is 0.240. The first-order valence-electron chi connectivity index (χ1n) is 12.6. The van der Waals surface area contributed by atoms with Gasteiger partial charge in [-0.2, -0.15) is 0 Å². The highest BCUT2D eigenvalue weighted by atomic mass is 15.2. The van der Waals surface area contributed by atoms with Crippen LogP contribution in [0.3, 0.4) is 0 Å². The highest BCUT2D eigenvalue weighted by molar-refractivity contribution is 5.95. The highest BCUT2D eigenvalue weighted by Gasteiger charge is 2.36. The van der Waals surface area contributed by atoms with Gasteiger partial charge >= 0.3 is 0 Å². The molecule has 3 heterocycles. The van der Waals surface area contributed by atoms with E-state index in [0.717, 1.165) is 25.7 Å². The van der Waals surface area contributed by atoms with E-state index in [9.17, 15) is 0 Å². The Kier molecular flexibility index (Phi) is 3.27. The monoisotopic (exact) mass is 446 g/mol. The number of anilines is 3. The molecular weight excluding hydrogens is 424 g/mol. The van der Waals surface area contributed by atoms with Crippen molar-refractivity contribution in [1.82, 2.24) is 4.98 Å². The Labute approximate surface area is 204 Å². The van der Waals surface area contributed by atoms with Crippen LogP contribution in [-0.2, 0) is 25.7 Å². The van der Waals surface area contributed by atoms with Gasteiger partial charge in [0.1, 0.15) is 0 Å².